The van der Waals surface area contributed by atoms with Gasteiger partial charge >= 0.3 is 0 Å². The van der Waals surface area contributed by atoms with Crippen LogP contribution in [0.3, 0.4) is 0 Å². The first-order chi connectivity index (χ1) is 11.8. The van der Waals surface area contributed by atoms with Gasteiger partial charge in [0, 0.05) is 12.6 Å². The van der Waals surface area contributed by atoms with Crippen LogP contribution in [0.2, 0.25) is 0 Å². The van der Waals surface area contributed by atoms with Crippen molar-refractivity contribution in [3.8, 4) is 0 Å². The summed E-state index contributed by atoms with van der Waals surface area (Å²) >= 11 is 0. The van der Waals surface area contributed by atoms with Gasteiger partial charge in [-0.15, -0.1) is 0 Å². The van der Waals surface area contributed by atoms with Crippen LogP contribution in [0.15, 0.2) is 42.5 Å². The van der Waals surface area contributed by atoms with Crippen molar-refractivity contribution in [3.63, 3.8) is 0 Å². The van der Waals surface area contributed by atoms with Crippen molar-refractivity contribution in [2.45, 2.75) is 25.8 Å². The van der Waals surface area contributed by atoms with Gasteiger partial charge in [-0.05, 0) is 55.2 Å². The fourth-order valence-corrected chi connectivity index (χ4v) is 3.66. The number of hydrogen-bond donors (Lipinski definition) is 1. The number of amides is 1. The summed E-state index contributed by atoms with van der Waals surface area (Å²) in [6, 6.07) is 12.9. The maximum atomic E-state index is 12.5. The molecular weight excluding hydrogens is 336 g/mol. The lowest BCUT2D eigenvalue weighted by molar-refractivity contribution is 0.0936. The quantitative estimate of drug-likeness (QED) is 0.914. The molecule has 1 aliphatic rings. The van der Waals surface area contributed by atoms with Crippen LogP contribution in [0.4, 0.5) is 5.69 Å². The van der Waals surface area contributed by atoms with Crippen molar-refractivity contribution < 1.29 is 13.2 Å². The number of hydrogen-bond acceptors (Lipinski definition) is 3. The van der Waals surface area contributed by atoms with Crippen LogP contribution in [-0.4, -0.2) is 27.6 Å². The molecule has 0 bridgehead atoms. The highest BCUT2D eigenvalue weighted by Gasteiger charge is 2.24. The number of rotatable bonds is 4. The Balaban J connectivity index is 1.73. The maximum Gasteiger partial charge on any atom is 0.251 e. The van der Waals surface area contributed by atoms with Crippen molar-refractivity contribution >= 4 is 21.6 Å². The molecule has 0 radical (unpaired) electrons. The Labute approximate surface area is 148 Å². The minimum atomic E-state index is -3.31. The number of nitrogens with one attached hydrogen (secondary N) is 1. The molecule has 0 fully saturated rings. The van der Waals surface area contributed by atoms with Crippen LogP contribution < -0.4 is 9.62 Å². The molecule has 0 heterocycles. The average molecular weight is 358 g/mol. The molecule has 0 spiro atoms. The van der Waals surface area contributed by atoms with Crippen LogP contribution in [0.5, 0.6) is 0 Å². The summed E-state index contributed by atoms with van der Waals surface area (Å²) in [5.74, 6) is -0.146. The fraction of sp³-hybridized carbons (Fsp3) is 0.316. The van der Waals surface area contributed by atoms with E-state index in [4.69, 9.17) is 0 Å². The van der Waals surface area contributed by atoms with Crippen molar-refractivity contribution in [3.05, 3.63) is 64.7 Å². The molecule has 2 aromatic rings. The van der Waals surface area contributed by atoms with E-state index in [9.17, 15) is 13.2 Å². The van der Waals surface area contributed by atoms with E-state index in [0.29, 0.717) is 11.3 Å². The molecule has 0 saturated carbocycles. The van der Waals surface area contributed by atoms with E-state index in [2.05, 4.69) is 30.4 Å². The number of benzene rings is 2. The summed E-state index contributed by atoms with van der Waals surface area (Å²) in [7, 11) is -1.82. The SMILES string of the molecule is Cc1ccc2c(c1)CC[C@@H]2NC(=O)c1ccc(N(C)S(C)(=O)=O)cc1. The third-order valence-electron chi connectivity index (χ3n) is 4.67. The maximum absolute atomic E-state index is 12.5. The number of carbonyl (C=O) groups is 1. The second kappa shape index (κ2) is 6.52. The topological polar surface area (TPSA) is 66.5 Å². The lowest BCUT2D eigenvalue weighted by atomic mass is 10.1. The van der Waals surface area contributed by atoms with Gasteiger partial charge in [-0.2, -0.15) is 0 Å². The molecule has 6 heteroatoms. The van der Waals surface area contributed by atoms with Crippen LogP contribution in [-0.2, 0) is 16.4 Å². The molecule has 25 heavy (non-hydrogen) atoms. The monoisotopic (exact) mass is 358 g/mol. The number of nitrogens with zero attached hydrogens (tertiary/aromatic N) is 1. The Morgan fingerprint density at radius 2 is 1.84 bits per heavy atom. The number of anilines is 1. The minimum Gasteiger partial charge on any atom is -0.345 e. The highest BCUT2D eigenvalue weighted by atomic mass is 32.2. The molecule has 132 valence electrons. The largest absolute Gasteiger partial charge is 0.345 e. The third-order valence-corrected chi connectivity index (χ3v) is 5.88. The van der Waals surface area contributed by atoms with Gasteiger partial charge < -0.3 is 5.32 Å². The van der Waals surface area contributed by atoms with Crippen molar-refractivity contribution in [2.75, 3.05) is 17.6 Å². The van der Waals surface area contributed by atoms with Gasteiger partial charge in [0.05, 0.1) is 18.0 Å². The Bertz CT molecular complexity index is 905. The van der Waals surface area contributed by atoms with Crippen LogP contribution >= 0.6 is 0 Å². The van der Waals surface area contributed by atoms with Gasteiger partial charge in [0.25, 0.3) is 5.91 Å². The molecule has 1 amide bonds. The molecule has 0 unspecified atom stereocenters. The van der Waals surface area contributed by atoms with Gasteiger partial charge in [0.1, 0.15) is 0 Å². The molecule has 0 saturated heterocycles. The molecule has 0 aromatic heterocycles. The van der Waals surface area contributed by atoms with Crippen LogP contribution in [0.1, 0.15) is 39.5 Å². The van der Waals surface area contributed by atoms with E-state index < -0.39 is 10.0 Å². The zero-order chi connectivity index (χ0) is 18.2. The predicted molar refractivity (Wildman–Crippen MR) is 99.4 cm³/mol. The Kier molecular flexibility index (Phi) is 4.56. The average Bonchev–Trinajstić information content (AvgIpc) is 2.95. The Morgan fingerprint density at radius 3 is 2.48 bits per heavy atom. The molecular formula is C19H22N2O3S. The number of fused-ring (bicyclic) bond motifs is 1. The number of aryl methyl sites for hydroxylation is 2. The first kappa shape index (κ1) is 17.5. The van der Waals surface area contributed by atoms with E-state index in [0.717, 1.165) is 19.1 Å². The van der Waals surface area contributed by atoms with Crippen molar-refractivity contribution in [1.29, 1.82) is 0 Å². The predicted octanol–water partition coefficient (Wildman–Crippen LogP) is 2.81. The van der Waals surface area contributed by atoms with Crippen LogP contribution in [0.25, 0.3) is 0 Å². The Morgan fingerprint density at radius 1 is 1.16 bits per heavy atom. The van der Waals surface area contributed by atoms with E-state index in [-0.39, 0.29) is 11.9 Å². The zero-order valence-electron chi connectivity index (χ0n) is 14.6. The van der Waals surface area contributed by atoms with Gasteiger partial charge in [-0.1, -0.05) is 23.8 Å². The molecule has 1 aliphatic carbocycles. The van der Waals surface area contributed by atoms with E-state index >= 15 is 0 Å². The highest BCUT2D eigenvalue weighted by molar-refractivity contribution is 7.92. The smallest absolute Gasteiger partial charge is 0.251 e. The minimum absolute atomic E-state index is 0.0291. The summed E-state index contributed by atoms with van der Waals surface area (Å²) in [6.45, 7) is 2.07. The summed E-state index contributed by atoms with van der Waals surface area (Å²) in [4.78, 5) is 12.5. The standard InChI is InChI=1S/C19H22N2O3S/c1-13-4-10-17-15(12-13)7-11-18(17)20-19(22)14-5-8-16(9-6-14)21(2)25(3,23)24/h4-6,8-10,12,18H,7,11H2,1-3H3,(H,20,22)/t18-/m0/s1. The highest BCUT2D eigenvalue weighted by Crippen LogP contribution is 2.32. The van der Waals surface area contributed by atoms with Crippen molar-refractivity contribution in [2.24, 2.45) is 0 Å². The van der Waals surface area contributed by atoms with E-state index in [1.807, 2.05) is 0 Å². The molecule has 5 nitrogen and oxygen atoms in total. The second-order valence-electron chi connectivity index (χ2n) is 6.54. The normalized spacial score (nSPS) is 16.4. The Hall–Kier alpha value is -2.34. The van der Waals surface area contributed by atoms with Gasteiger partial charge in [-0.3, -0.25) is 9.10 Å². The first-order valence-corrected chi connectivity index (χ1v) is 10.0. The van der Waals surface area contributed by atoms with Gasteiger partial charge in [-0.25, -0.2) is 8.42 Å². The molecule has 0 aliphatic heterocycles. The molecule has 1 N–H and O–H groups in total. The first-order valence-electron chi connectivity index (χ1n) is 8.20. The summed E-state index contributed by atoms with van der Waals surface area (Å²) in [5, 5.41) is 3.08. The van der Waals surface area contributed by atoms with E-state index in [1.54, 1.807) is 24.3 Å². The third kappa shape index (κ3) is 3.69. The fourth-order valence-electron chi connectivity index (χ4n) is 3.15. The molecule has 3 rings (SSSR count). The summed E-state index contributed by atoms with van der Waals surface area (Å²) in [6.07, 6.45) is 3.02. The van der Waals surface area contributed by atoms with Gasteiger partial charge in [0.2, 0.25) is 10.0 Å². The van der Waals surface area contributed by atoms with Crippen LogP contribution in [0, 0.1) is 6.92 Å². The zero-order valence-corrected chi connectivity index (χ0v) is 15.4. The van der Waals surface area contributed by atoms with Crippen molar-refractivity contribution in [1.82, 2.24) is 5.32 Å². The summed E-state index contributed by atoms with van der Waals surface area (Å²) < 4.78 is 24.3. The van der Waals surface area contributed by atoms with E-state index in [1.165, 1.54) is 28.0 Å². The summed E-state index contributed by atoms with van der Waals surface area (Å²) in [5.41, 5.74) is 4.77. The number of carbonyl (C=O) groups excluding carboxylic acids is 1. The van der Waals surface area contributed by atoms with Gasteiger partial charge in [0.15, 0.2) is 0 Å². The number of sulfonamides is 1. The molecule has 1 atom stereocenters. The lowest BCUT2D eigenvalue weighted by Crippen LogP contribution is -2.27. The lowest BCUT2D eigenvalue weighted by Gasteiger charge is -2.17. The molecule has 2 aromatic carbocycles. The second-order valence-corrected chi connectivity index (χ2v) is 8.56.